The highest BCUT2D eigenvalue weighted by Crippen LogP contribution is 2.43. The van der Waals surface area contributed by atoms with Crippen LogP contribution in [0.15, 0.2) is 0 Å². The lowest BCUT2D eigenvalue weighted by molar-refractivity contribution is -0.133. The van der Waals surface area contributed by atoms with Gasteiger partial charge in [-0.15, -0.1) is 12.4 Å². The quantitative estimate of drug-likeness (QED) is 0.851. The van der Waals surface area contributed by atoms with Crippen LogP contribution in [0, 0.1) is 5.41 Å². The molecule has 0 bridgehead atoms. The molecule has 2 aliphatic rings. The van der Waals surface area contributed by atoms with E-state index in [1.165, 1.54) is 38.5 Å². The lowest BCUT2D eigenvalue weighted by atomic mass is 9.73. The molecule has 0 aromatic carbocycles. The zero-order valence-electron chi connectivity index (χ0n) is 11.2. The molecule has 2 N–H and O–H groups in total. The molecule has 1 spiro atoms. The summed E-state index contributed by atoms with van der Waals surface area (Å²) >= 11 is 0. The van der Waals surface area contributed by atoms with E-state index in [1.807, 2.05) is 4.90 Å². The highest BCUT2D eigenvalue weighted by Gasteiger charge is 2.41. The van der Waals surface area contributed by atoms with Crippen molar-refractivity contribution in [3.8, 4) is 0 Å². The standard InChI is InChI=1S/C13H24N2O2.ClH/c1-17-9-11(14)12(16)15-8-7-13(10-15)5-3-2-4-6-13;/h11H,2-10,14H2,1H3;1H. The molecule has 1 aliphatic carbocycles. The summed E-state index contributed by atoms with van der Waals surface area (Å²) in [6, 6.07) is -0.487. The Hall–Kier alpha value is -0.320. The average molecular weight is 277 g/mol. The maximum absolute atomic E-state index is 12.1. The van der Waals surface area contributed by atoms with Gasteiger partial charge in [-0.2, -0.15) is 0 Å². The number of halogens is 1. The summed E-state index contributed by atoms with van der Waals surface area (Å²) in [7, 11) is 1.58. The normalized spacial score (nSPS) is 23.8. The van der Waals surface area contributed by atoms with Gasteiger partial charge in [0.15, 0.2) is 0 Å². The maximum Gasteiger partial charge on any atom is 0.241 e. The number of hydrogen-bond donors (Lipinski definition) is 1. The Bertz CT molecular complexity index is 280. The van der Waals surface area contributed by atoms with Gasteiger partial charge in [0.25, 0.3) is 0 Å². The fraction of sp³-hybridized carbons (Fsp3) is 0.923. The largest absolute Gasteiger partial charge is 0.383 e. The fourth-order valence-corrected chi connectivity index (χ4v) is 3.32. The smallest absolute Gasteiger partial charge is 0.241 e. The van der Waals surface area contributed by atoms with Gasteiger partial charge < -0.3 is 15.4 Å². The molecule has 0 radical (unpaired) electrons. The Labute approximate surface area is 116 Å². The Balaban J connectivity index is 0.00000162. The van der Waals surface area contributed by atoms with Crippen LogP contribution >= 0.6 is 12.4 Å². The molecule has 1 amide bonds. The molecule has 1 saturated heterocycles. The Morgan fingerprint density at radius 2 is 2.00 bits per heavy atom. The van der Waals surface area contributed by atoms with E-state index in [0.29, 0.717) is 12.0 Å². The average Bonchev–Trinajstić information content (AvgIpc) is 2.73. The van der Waals surface area contributed by atoms with Gasteiger partial charge in [-0.3, -0.25) is 4.79 Å². The van der Waals surface area contributed by atoms with Crippen molar-refractivity contribution in [2.24, 2.45) is 11.1 Å². The number of likely N-dealkylation sites (tertiary alicyclic amines) is 1. The van der Waals surface area contributed by atoms with Gasteiger partial charge in [0.1, 0.15) is 6.04 Å². The predicted molar refractivity (Wildman–Crippen MR) is 73.8 cm³/mol. The van der Waals surface area contributed by atoms with Crippen molar-refractivity contribution < 1.29 is 9.53 Å². The van der Waals surface area contributed by atoms with Crippen LogP contribution < -0.4 is 5.73 Å². The molecule has 1 unspecified atom stereocenters. The molecule has 1 heterocycles. The molecule has 18 heavy (non-hydrogen) atoms. The van der Waals surface area contributed by atoms with Crippen LogP contribution in [0.5, 0.6) is 0 Å². The third kappa shape index (κ3) is 3.37. The Morgan fingerprint density at radius 3 is 2.61 bits per heavy atom. The summed E-state index contributed by atoms with van der Waals surface area (Å²) in [5, 5.41) is 0. The van der Waals surface area contributed by atoms with E-state index in [0.717, 1.165) is 13.1 Å². The van der Waals surface area contributed by atoms with Crippen molar-refractivity contribution in [1.29, 1.82) is 0 Å². The molecule has 2 rings (SSSR count). The van der Waals surface area contributed by atoms with Crippen LogP contribution in [0.25, 0.3) is 0 Å². The van der Waals surface area contributed by atoms with E-state index in [9.17, 15) is 4.79 Å². The SMILES string of the molecule is COCC(N)C(=O)N1CCC2(CCCCC2)C1.Cl. The van der Waals surface area contributed by atoms with E-state index < -0.39 is 6.04 Å². The number of nitrogens with zero attached hydrogens (tertiary/aromatic N) is 1. The topological polar surface area (TPSA) is 55.6 Å². The van der Waals surface area contributed by atoms with Crippen molar-refractivity contribution in [2.75, 3.05) is 26.8 Å². The number of nitrogens with two attached hydrogens (primary N) is 1. The monoisotopic (exact) mass is 276 g/mol. The molecular formula is C13H25ClN2O2. The van der Waals surface area contributed by atoms with Crippen LogP contribution in [0.4, 0.5) is 0 Å². The molecular weight excluding hydrogens is 252 g/mol. The predicted octanol–water partition coefficient (Wildman–Crippen LogP) is 1.56. The molecule has 0 aromatic rings. The molecule has 0 aromatic heterocycles. The summed E-state index contributed by atoms with van der Waals surface area (Å²) < 4.78 is 4.95. The van der Waals surface area contributed by atoms with Crippen LogP contribution in [-0.2, 0) is 9.53 Å². The van der Waals surface area contributed by atoms with Crippen molar-refractivity contribution in [3.05, 3.63) is 0 Å². The number of carbonyl (C=O) groups is 1. The van der Waals surface area contributed by atoms with Gasteiger partial charge in [-0.05, 0) is 24.7 Å². The molecule has 1 saturated carbocycles. The molecule has 1 aliphatic heterocycles. The summed E-state index contributed by atoms with van der Waals surface area (Å²) in [6.07, 6.45) is 7.75. The number of carbonyl (C=O) groups excluding carboxylic acids is 1. The van der Waals surface area contributed by atoms with Crippen molar-refractivity contribution in [2.45, 2.75) is 44.6 Å². The molecule has 4 nitrogen and oxygen atoms in total. The molecule has 106 valence electrons. The van der Waals surface area contributed by atoms with Gasteiger partial charge in [-0.1, -0.05) is 19.3 Å². The zero-order chi connectivity index (χ0) is 12.3. The van der Waals surface area contributed by atoms with Gasteiger partial charge in [0, 0.05) is 20.2 Å². The minimum Gasteiger partial charge on any atom is -0.383 e. The summed E-state index contributed by atoms with van der Waals surface area (Å²) in [4.78, 5) is 14.0. The van der Waals surface area contributed by atoms with Gasteiger partial charge >= 0.3 is 0 Å². The van der Waals surface area contributed by atoms with E-state index in [1.54, 1.807) is 7.11 Å². The molecule has 5 heteroatoms. The van der Waals surface area contributed by atoms with Crippen molar-refractivity contribution >= 4 is 18.3 Å². The minimum atomic E-state index is -0.487. The Kier molecular flexibility index (Phi) is 5.89. The number of hydrogen-bond acceptors (Lipinski definition) is 3. The van der Waals surface area contributed by atoms with Gasteiger partial charge in [0.2, 0.25) is 5.91 Å². The van der Waals surface area contributed by atoms with E-state index in [4.69, 9.17) is 10.5 Å². The van der Waals surface area contributed by atoms with E-state index >= 15 is 0 Å². The third-order valence-electron chi connectivity index (χ3n) is 4.33. The second-order valence-corrected chi connectivity index (χ2v) is 5.63. The van der Waals surface area contributed by atoms with Crippen LogP contribution in [0.1, 0.15) is 38.5 Å². The second kappa shape index (κ2) is 6.73. The number of ether oxygens (including phenoxy) is 1. The Morgan fingerprint density at radius 1 is 1.33 bits per heavy atom. The first-order valence-corrected chi connectivity index (χ1v) is 6.70. The van der Waals surface area contributed by atoms with Gasteiger partial charge in [-0.25, -0.2) is 0 Å². The summed E-state index contributed by atoms with van der Waals surface area (Å²) in [5.74, 6) is 0.0642. The summed E-state index contributed by atoms with van der Waals surface area (Å²) in [5.41, 5.74) is 6.23. The van der Waals surface area contributed by atoms with Crippen LogP contribution in [-0.4, -0.2) is 43.7 Å². The number of amides is 1. The van der Waals surface area contributed by atoms with Crippen LogP contribution in [0.3, 0.4) is 0 Å². The van der Waals surface area contributed by atoms with Crippen molar-refractivity contribution in [3.63, 3.8) is 0 Å². The first kappa shape index (κ1) is 15.7. The molecule has 2 fully saturated rings. The zero-order valence-corrected chi connectivity index (χ0v) is 12.0. The lowest BCUT2D eigenvalue weighted by Gasteiger charge is -2.33. The molecule has 1 atom stereocenters. The summed E-state index contributed by atoms with van der Waals surface area (Å²) in [6.45, 7) is 2.13. The van der Waals surface area contributed by atoms with E-state index in [-0.39, 0.29) is 18.3 Å². The van der Waals surface area contributed by atoms with Crippen molar-refractivity contribution in [1.82, 2.24) is 4.90 Å². The van der Waals surface area contributed by atoms with Gasteiger partial charge in [0.05, 0.1) is 6.61 Å². The minimum absolute atomic E-state index is 0. The fourth-order valence-electron chi connectivity index (χ4n) is 3.32. The first-order chi connectivity index (χ1) is 8.17. The van der Waals surface area contributed by atoms with Crippen LogP contribution in [0.2, 0.25) is 0 Å². The second-order valence-electron chi connectivity index (χ2n) is 5.63. The first-order valence-electron chi connectivity index (χ1n) is 6.70. The number of methoxy groups -OCH3 is 1. The highest BCUT2D eigenvalue weighted by molar-refractivity contribution is 5.85. The van der Waals surface area contributed by atoms with E-state index in [2.05, 4.69) is 0 Å². The highest BCUT2D eigenvalue weighted by atomic mass is 35.5. The third-order valence-corrected chi connectivity index (χ3v) is 4.33. The maximum atomic E-state index is 12.1. The lowest BCUT2D eigenvalue weighted by Crippen LogP contribution is -2.46. The number of rotatable bonds is 3.